The molecule has 1 aliphatic rings. The monoisotopic (exact) mass is 386 g/mol. The van der Waals surface area contributed by atoms with Crippen molar-refractivity contribution in [1.29, 1.82) is 0 Å². The van der Waals surface area contributed by atoms with Crippen molar-refractivity contribution in [2.75, 3.05) is 13.1 Å². The van der Waals surface area contributed by atoms with Crippen molar-refractivity contribution in [2.24, 2.45) is 0 Å². The van der Waals surface area contributed by atoms with E-state index in [1.807, 2.05) is 23.1 Å². The first-order valence-corrected chi connectivity index (χ1v) is 9.59. The third-order valence-electron chi connectivity index (χ3n) is 5.33. The van der Waals surface area contributed by atoms with Gasteiger partial charge >= 0.3 is 0 Å². The molecule has 148 valence electrons. The first kappa shape index (κ1) is 20.0. The molecule has 0 aromatic heterocycles. The van der Waals surface area contributed by atoms with E-state index in [0.29, 0.717) is 12.6 Å². The molecule has 28 heavy (non-hydrogen) atoms. The Morgan fingerprint density at radius 1 is 1.18 bits per heavy atom. The lowest BCUT2D eigenvalue weighted by molar-refractivity contribution is -0.131. The molecule has 0 aliphatic carbocycles. The first-order chi connectivity index (χ1) is 13.5. The number of amides is 2. The Morgan fingerprint density at radius 2 is 1.93 bits per heavy atom. The molecule has 4 nitrogen and oxygen atoms in total. The topological polar surface area (TPSA) is 49.4 Å². The average Bonchev–Trinajstić information content (AvgIpc) is 3.17. The van der Waals surface area contributed by atoms with Crippen LogP contribution in [0.25, 0.3) is 0 Å². The molecule has 1 fully saturated rings. The molecular formula is C22H24F2N2O2. The summed E-state index contributed by atoms with van der Waals surface area (Å²) in [5.41, 5.74) is 0.926. The Hall–Kier alpha value is -2.76. The summed E-state index contributed by atoms with van der Waals surface area (Å²) in [6.45, 7) is 2.54. The molecule has 3 rings (SSSR count). The van der Waals surface area contributed by atoms with Crippen molar-refractivity contribution in [3.63, 3.8) is 0 Å². The second-order valence-electron chi connectivity index (χ2n) is 7.03. The Balaban J connectivity index is 1.65. The predicted octanol–water partition coefficient (Wildman–Crippen LogP) is 3.88. The van der Waals surface area contributed by atoms with Gasteiger partial charge in [0.1, 0.15) is 11.6 Å². The number of hydrogen-bond acceptors (Lipinski definition) is 2. The van der Waals surface area contributed by atoms with Gasteiger partial charge < -0.3 is 10.2 Å². The van der Waals surface area contributed by atoms with Crippen molar-refractivity contribution in [1.82, 2.24) is 10.2 Å². The SMILES string of the molecule is CC[C@@H](c1ccccc1)[C@H]1CCCN1C(=O)CNC(=O)c1ccc(F)cc1F. The van der Waals surface area contributed by atoms with Crippen LogP contribution in [0.4, 0.5) is 8.78 Å². The Labute approximate surface area is 163 Å². The fraction of sp³-hybridized carbons (Fsp3) is 0.364. The lowest BCUT2D eigenvalue weighted by Gasteiger charge is -2.31. The predicted molar refractivity (Wildman–Crippen MR) is 103 cm³/mol. The van der Waals surface area contributed by atoms with Crippen molar-refractivity contribution in [3.05, 3.63) is 71.3 Å². The number of nitrogens with zero attached hydrogens (tertiary/aromatic N) is 1. The quantitative estimate of drug-likeness (QED) is 0.819. The van der Waals surface area contributed by atoms with E-state index in [2.05, 4.69) is 24.4 Å². The minimum absolute atomic E-state index is 0.0827. The van der Waals surface area contributed by atoms with Gasteiger partial charge in [0.2, 0.25) is 5.91 Å². The van der Waals surface area contributed by atoms with Crippen LogP contribution in [0.2, 0.25) is 0 Å². The van der Waals surface area contributed by atoms with Gasteiger partial charge in [0, 0.05) is 24.6 Å². The van der Waals surface area contributed by atoms with Crippen molar-refractivity contribution in [2.45, 2.75) is 38.1 Å². The second-order valence-corrected chi connectivity index (χ2v) is 7.03. The molecule has 0 saturated carbocycles. The van der Waals surface area contributed by atoms with Crippen LogP contribution in [0, 0.1) is 11.6 Å². The molecule has 2 amide bonds. The molecular weight excluding hydrogens is 362 g/mol. The van der Waals surface area contributed by atoms with Gasteiger partial charge in [-0.1, -0.05) is 37.3 Å². The van der Waals surface area contributed by atoms with Crippen molar-refractivity contribution in [3.8, 4) is 0 Å². The highest BCUT2D eigenvalue weighted by molar-refractivity contribution is 5.96. The maximum atomic E-state index is 13.7. The smallest absolute Gasteiger partial charge is 0.254 e. The third kappa shape index (κ3) is 4.38. The van der Waals surface area contributed by atoms with Gasteiger partial charge in [0.05, 0.1) is 12.1 Å². The van der Waals surface area contributed by atoms with Gasteiger partial charge in [0.25, 0.3) is 5.91 Å². The maximum Gasteiger partial charge on any atom is 0.254 e. The number of halogens is 2. The molecule has 1 saturated heterocycles. The molecule has 2 aromatic carbocycles. The molecule has 0 spiro atoms. The van der Waals surface area contributed by atoms with Gasteiger partial charge in [-0.05, 0) is 37.0 Å². The minimum Gasteiger partial charge on any atom is -0.343 e. The van der Waals surface area contributed by atoms with Crippen LogP contribution in [0.3, 0.4) is 0 Å². The molecule has 2 atom stereocenters. The summed E-state index contributed by atoms with van der Waals surface area (Å²) in [4.78, 5) is 26.7. The van der Waals surface area contributed by atoms with Crippen LogP contribution in [0.1, 0.15) is 48.0 Å². The van der Waals surface area contributed by atoms with Crippen LogP contribution in [-0.4, -0.2) is 35.8 Å². The summed E-state index contributed by atoms with van der Waals surface area (Å²) in [7, 11) is 0. The molecule has 2 aromatic rings. The Bertz CT molecular complexity index is 842. The largest absolute Gasteiger partial charge is 0.343 e. The van der Waals surface area contributed by atoms with Crippen LogP contribution in [-0.2, 0) is 4.79 Å². The average molecular weight is 386 g/mol. The molecule has 0 unspecified atom stereocenters. The highest BCUT2D eigenvalue weighted by Crippen LogP contribution is 2.33. The molecule has 1 aliphatic heterocycles. The summed E-state index contributed by atoms with van der Waals surface area (Å²) < 4.78 is 26.7. The van der Waals surface area contributed by atoms with Gasteiger partial charge in [0.15, 0.2) is 0 Å². The zero-order valence-corrected chi connectivity index (χ0v) is 15.8. The van der Waals surface area contributed by atoms with Gasteiger partial charge in [-0.3, -0.25) is 9.59 Å². The van der Waals surface area contributed by atoms with Crippen molar-refractivity contribution < 1.29 is 18.4 Å². The van der Waals surface area contributed by atoms with E-state index in [-0.39, 0.29) is 30.0 Å². The molecule has 1 heterocycles. The summed E-state index contributed by atoms with van der Waals surface area (Å²) in [6, 6.07) is 12.9. The van der Waals surface area contributed by atoms with Crippen LogP contribution < -0.4 is 5.32 Å². The number of nitrogens with one attached hydrogen (secondary N) is 1. The van der Waals surface area contributed by atoms with Crippen LogP contribution >= 0.6 is 0 Å². The number of likely N-dealkylation sites (tertiary alicyclic amines) is 1. The molecule has 6 heteroatoms. The number of carbonyl (C=O) groups excluding carboxylic acids is 2. The van der Waals surface area contributed by atoms with Crippen LogP contribution in [0.5, 0.6) is 0 Å². The fourth-order valence-electron chi connectivity index (χ4n) is 3.98. The van der Waals surface area contributed by atoms with E-state index in [1.165, 1.54) is 5.56 Å². The Kier molecular flexibility index (Phi) is 6.39. The van der Waals surface area contributed by atoms with E-state index in [1.54, 1.807) is 0 Å². The molecule has 1 N–H and O–H groups in total. The minimum atomic E-state index is -0.945. The fourth-order valence-corrected chi connectivity index (χ4v) is 3.98. The lowest BCUT2D eigenvalue weighted by atomic mass is 9.87. The van der Waals surface area contributed by atoms with Gasteiger partial charge in [-0.2, -0.15) is 0 Å². The second kappa shape index (κ2) is 8.95. The van der Waals surface area contributed by atoms with E-state index in [0.717, 1.165) is 31.4 Å². The molecule has 0 bridgehead atoms. The maximum absolute atomic E-state index is 13.7. The van der Waals surface area contributed by atoms with E-state index >= 15 is 0 Å². The van der Waals surface area contributed by atoms with Gasteiger partial charge in [-0.25, -0.2) is 8.78 Å². The van der Waals surface area contributed by atoms with Crippen molar-refractivity contribution >= 4 is 11.8 Å². The number of hydrogen-bond donors (Lipinski definition) is 1. The summed E-state index contributed by atoms with van der Waals surface area (Å²) in [5.74, 6) is -2.38. The van der Waals surface area contributed by atoms with Gasteiger partial charge in [-0.15, -0.1) is 0 Å². The first-order valence-electron chi connectivity index (χ1n) is 9.59. The lowest BCUT2D eigenvalue weighted by Crippen LogP contribution is -2.44. The normalized spacial score (nSPS) is 17.4. The third-order valence-corrected chi connectivity index (χ3v) is 5.33. The standard InChI is InChI=1S/C22H24F2N2O2/c1-2-17(15-7-4-3-5-8-15)20-9-6-12-26(20)21(27)14-25-22(28)18-11-10-16(23)13-19(18)24/h3-5,7-8,10-11,13,17,20H,2,6,9,12,14H2,1H3,(H,25,28)/t17-,20+/m0/s1. The summed E-state index contributed by atoms with van der Waals surface area (Å²) >= 11 is 0. The number of benzene rings is 2. The van der Waals surface area contributed by atoms with E-state index in [4.69, 9.17) is 0 Å². The zero-order chi connectivity index (χ0) is 20.1. The van der Waals surface area contributed by atoms with E-state index in [9.17, 15) is 18.4 Å². The Morgan fingerprint density at radius 3 is 2.61 bits per heavy atom. The summed E-state index contributed by atoms with van der Waals surface area (Å²) in [6.07, 6.45) is 2.74. The molecule has 0 radical (unpaired) electrons. The number of rotatable bonds is 6. The summed E-state index contributed by atoms with van der Waals surface area (Å²) in [5, 5.41) is 2.46. The number of carbonyl (C=O) groups is 2. The highest BCUT2D eigenvalue weighted by Gasteiger charge is 2.34. The zero-order valence-electron chi connectivity index (χ0n) is 15.8. The van der Waals surface area contributed by atoms with Crippen LogP contribution in [0.15, 0.2) is 48.5 Å². The highest BCUT2D eigenvalue weighted by atomic mass is 19.1. The van der Waals surface area contributed by atoms with E-state index < -0.39 is 17.5 Å².